The van der Waals surface area contributed by atoms with E-state index in [9.17, 15) is 0 Å². The Morgan fingerprint density at radius 3 is 1.42 bits per heavy atom. The van der Waals surface area contributed by atoms with Gasteiger partial charge in [0, 0.05) is 21.7 Å². The SMILES string of the molecule is c1cc(-c2ccc3c(c2)[nH]c2c4ccccc4ccc32)cc(-c2c3ccccc3c(-c3cccc(-c4cccc5ccccc45)c3)c3ccccc23)c1. The van der Waals surface area contributed by atoms with E-state index in [0.717, 1.165) is 5.52 Å². The smallest absolute Gasteiger partial charge is 0.0544 e. The van der Waals surface area contributed by atoms with Gasteiger partial charge in [0.05, 0.1) is 5.52 Å². The molecular weight excluding hydrogens is 639 g/mol. The van der Waals surface area contributed by atoms with Gasteiger partial charge >= 0.3 is 0 Å². The van der Waals surface area contributed by atoms with Crippen LogP contribution in [0.4, 0.5) is 0 Å². The molecule has 0 unspecified atom stereocenters. The van der Waals surface area contributed by atoms with Crippen LogP contribution in [0.15, 0.2) is 194 Å². The summed E-state index contributed by atoms with van der Waals surface area (Å²) >= 11 is 0. The molecule has 0 aliphatic carbocycles. The second kappa shape index (κ2) is 11.8. The molecule has 0 saturated heterocycles. The fourth-order valence-electron chi connectivity index (χ4n) is 8.75. The van der Waals surface area contributed by atoms with E-state index in [-0.39, 0.29) is 0 Å². The van der Waals surface area contributed by atoms with E-state index in [4.69, 9.17) is 0 Å². The highest BCUT2D eigenvalue weighted by atomic mass is 14.7. The Balaban J connectivity index is 1.08. The molecule has 0 radical (unpaired) electrons. The highest BCUT2D eigenvalue weighted by molar-refractivity contribution is 6.22. The second-order valence-corrected chi connectivity index (χ2v) is 14.1. The van der Waals surface area contributed by atoms with Gasteiger partial charge in [-0.1, -0.05) is 176 Å². The molecule has 1 heterocycles. The first kappa shape index (κ1) is 29.7. The molecule has 53 heavy (non-hydrogen) atoms. The monoisotopic (exact) mass is 671 g/mol. The molecule has 10 aromatic carbocycles. The van der Waals surface area contributed by atoms with Crippen molar-refractivity contribution in [2.45, 2.75) is 0 Å². The van der Waals surface area contributed by atoms with Crippen LogP contribution >= 0.6 is 0 Å². The summed E-state index contributed by atoms with van der Waals surface area (Å²) in [6, 6.07) is 71.3. The standard InChI is InChI=1S/C52H33N/c1-3-19-40-33(12-1)14-11-25-41(40)37-16-10-18-39(31-37)51-46-23-7-5-21-44(46)50(45-22-6-8-24-47(45)51)38-17-9-15-35(30-38)36-27-28-43-48-29-26-34-13-2-4-20-42(34)52(48)53-49(43)32-36/h1-32,53H. The van der Waals surface area contributed by atoms with E-state index in [0.29, 0.717) is 0 Å². The Hall–Kier alpha value is -6.96. The summed E-state index contributed by atoms with van der Waals surface area (Å²) in [5, 5.41) is 12.6. The summed E-state index contributed by atoms with van der Waals surface area (Å²) < 4.78 is 0. The lowest BCUT2D eigenvalue weighted by Gasteiger charge is -2.19. The normalized spacial score (nSPS) is 11.8. The summed E-state index contributed by atoms with van der Waals surface area (Å²) in [7, 11) is 0. The number of hydrogen-bond donors (Lipinski definition) is 1. The number of fused-ring (bicyclic) bond motifs is 8. The van der Waals surface area contributed by atoms with Crippen LogP contribution in [0.2, 0.25) is 0 Å². The van der Waals surface area contributed by atoms with Crippen molar-refractivity contribution in [2.24, 2.45) is 0 Å². The zero-order chi connectivity index (χ0) is 34.9. The maximum atomic E-state index is 3.77. The Bertz CT molecular complexity index is 3170. The Morgan fingerprint density at radius 1 is 0.264 bits per heavy atom. The highest BCUT2D eigenvalue weighted by Crippen LogP contribution is 2.45. The van der Waals surface area contributed by atoms with Gasteiger partial charge in [0.15, 0.2) is 0 Å². The van der Waals surface area contributed by atoms with Crippen LogP contribution in [-0.4, -0.2) is 4.98 Å². The van der Waals surface area contributed by atoms with Gasteiger partial charge in [0.25, 0.3) is 0 Å². The molecule has 11 rings (SSSR count). The molecule has 0 atom stereocenters. The lowest BCUT2D eigenvalue weighted by atomic mass is 9.85. The molecule has 0 saturated carbocycles. The number of hydrogen-bond acceptors (Lipinski definition) is 0. The summed E-state index contributed by atoms with van der Waals surface area (Å²) in [6.45, 7) is 0. The minimum Gasteiger partial charge on any atom is -0.354 e. The number of benzene rings is 10. The summed E-state index contributed by atoms with van der Waals surface area (Å²) in [4.78, 5) is 3.77. The molecule has 0 aliphatic rings. The van der Waals surface area contributed by atoms with Crippen molar-refractivity contribution in [1.82, 2.24) is 4.98 Å². The van der Waals surface area contributed by atoms with Gasteiger partial charge in [-0.25, -0.2) is 0 Å². The van der Waals surface area contributed by atoms with Crippen molar-refractivity contribution in [3.63, 3.8) is 0 Å². The molecule has 1 heteroatoms. The number of rotatable bonds is 4. The minimum absolute atomic E-state index is 1.16. The number of aromatic amines is 1. The number of nitrogens with one attached hydrogen (secondary N) is 1. The molecule has 0 fully saturated rings. The van der Waals surface area contributed by atoms with Gasteiger partial charge < -0.3 is 4.98 Å². The number of H-pyrrole nitrogens is 1. The fraction of sp³-hybridized carbons (Fsp3) is 0. The van der Waals surface area contributed by atoms with Crippen molar-refractivity contribution in [3.05, 3.63) is 194 Å². The average molecular weight is 672 g/mol. The van der Waals surface area contributed by atoms with Crippen LogP contribution < -0.4 is 0 Å². The first-order valence-corrected chi connectivity index (χ1v) is 18.3. The van der Waals surface area contributed by atoms with E-state index in [1.165, 1.54) is 104 Å². The molecule has 0 spiro atoms. The lowest BCUT2D eigenvalue weighted by molar-refractivity contribution is 1.55. The van der Waals surface area contributed by atoms with Crippen LogP contribution in [0.5, 0.6) is 0 Å². The minimum atomic E-state index is 1.16. The van der Waals surface area contributed by atoms with E-state index in [1.54, 1.807) is 0 Å². The zero-order valence-electron chi connectivity index (χ0n) is 29.0. The van der Waals surface area contributed by atoms with Gasteiger partial charge in [-0.2, -0.15) is 0 Å². The van der Waals surface area contributed by atoms with Crippen LogP contribution in [0.1, 0.15) is 0 Å². The third-order valence-corrected chi connectivity index (χ3v) is 11.2. The van der Waals surface area contributed by atoms with Crippen molar-refractivity contribution >= 4 is 64.9 Å². The molecule has 0 aliphatic heterocycles. The summed E-state index contributed by atoms with van der Waals surface area (Å²) in [5.41, 5.74) is 12.2. The van der Waals surface area contributed by atoms with Gasteiger partial charge in [0.1, 0.15) is 0 Å². The van der Waals surface area contributed by atoms with Crippen LogP contribution in [0, 0.1) is 0 Å². The van der Waals surface area contributed by atoms with E-state index >= 15 is 0 Å². The van der Waals surface area contributed by atoms with E-state index in [1.807, 2.05) is 0 Å². The second-order valence-electron chi connectivity index (χ2n) is 14.1. The Morgan fingerprint density at radius 2 is 0.736 bits per heavy atom. The Kier molecular flexibility index (Phi) is 6.62. The fourth-order valence-corrected chi connectivity index (χ4v) is 8.75. The largest absolute Gasteiger partial charge is 0.354 e. The molecule has 1 N–H and O–H groups in total. The molecule has 246 valence electrons. The van der Waals surface area contributed by atoms with Crippen molar-refractivity contribution in [1.29, 1.82) is 0 Å². The van der Waals surface area contributed by atoms with Gasteiger partial charge in [-0.15, -0.1) is 0 Å². The molecule has 1 aromatic heterocycles. The number of aromatic nitrogens is 1. The summed E-state index contributed by atoms with van der Waals surface area (Å²) in [5.74, 6) is 0. The van der Waals surface area contributed by atoms with Crippen LogP contribution in [0.3, 0.4) is 0 Å². The quantitative estimate of drug-likeness (QED) is 0.179. The molecule has 0 bridgehead atoms. The maximum Gasteiger partial charge on any atom is 0.0544 e. The van der Waals surface area contributed by atoms with Gasteiger partial charge in [-0.05, 0) is 100 Å². The zero-order valence-corrected chi connectivity index (χ0v) is 29.0. The maximum absolute atomic E-state index is 3.77. The van der Waals surface area contributed by atoms with E-state index < -0.39 is 0 Å². The third kappa shape index (κ3) is 4.71. The van der Waals surface area contributed by atoms with Crippen molar-refractivity contribution < 1.29 is 0 Å². The van der Waals surface area contributed by atoms with Crippen LogP contribution in [0.25, 0.3) is 109 Å². The van der Waals surface area contributed by atoms with E-state index in [2.05, 4.69) is 199 Å². The molecule has 0 amide bonds. The molecule has 11 aromatic rings. The Labute approximate surface area is 307 Å². The third-order valence-electron chi connectivity index (χ3n) is 11.2. The molecule has 1 nitrogen and oxygen atoms in total. The highest BCUT2D eigenvalue weighted by Gasteiger charge is 2.18. The summed E-state index contributed by atoms with van der Waals surface area (Å²) in [6.07, 6.45) is 0. The first-order chi connectivity index (χ1) is 26.3. The molecular formula is C52H33N. The van der Waals surface area contributed by atoms with Crippen molar-refractivity contribution in [2.75, 3.05) is 0 Å². The topological polar surface area (TPSA) is 15.8 Å². The predicted octanol–water partition coefficient (Wildman–Crippen LogP) is 14.6. The van der Waals surface area contributed by atoms with Crippen LogP contribution in [-0.2, 0) is 0 Å². The first-order valence-electron chi connectivity index (χ1n) is 18.3. The predicted molar refractivity (Wildman–Crippen MR) is 228 cm³/mol. The van der Waals surface area contributed by atoms with Gasteiger partial charge in [-0.3, -0.25) is 0 Å². The average Bonchev–Trinajstić information content (AvgIpc) is 3.61. The lowest BCUT2D eigenvalue weighted by Crippen LogP contribution is -1.91. The van der Waals surface area contributed by atoms with Gasteiger partial charge in [0.2, 0.25) is 0 Å². The van der Waals surface area contributed by atoms with Crippen molar-refractivity contribution in [3.8, 4) is 44.5 Å².